The van der Waals surface area contributed by atoms with Gasteiger partial charge in [-0.15, -0.1) is 0 Å². The first-order valence-electron chi connectivity index (χ1n) is 5.99. The molecule has 1 aromatic rings. The van der Waals surface area contributed by atoms with E-state index in [4.69, 9.17) is 0 Å². The fraction of sp³-hybridized carbons (Fsp3) is 0.462. The molecule has 1 amide bonds. The summed E-state index contributed by atoms with van der Waals surface area (Å²) in [6, 6.07) is 3.39. The Balaban J connectivity index is 1.94. The van der Waals surface area contributed by atoms with Crippen molar-refractivity contribution in [3.8, 4) is 0 Å². The van der Waals surface area contributed by atoms with Crippen molar-refractivity contribution in [2.24, 2.45) is 5.92 Å². The van der Waals surface area contributed by atoms with Gasteiger partial charge in [-0.25, -0.2) is 8.78 Å². The molecule has 1 atom stereocenters. The fourth-order valence-corrected chi connectivity index (χ4v) is 1.94. The number of nitrogens with one attached hydrogen (secondary N) is 1. The van der Waals surface area contributed by atoms with Crippen LogP contribution in [0.3, 0.4) is 0 Å². The second kappa shape index (κ2) is 5.44. The first kappa shape index (κ1) is 13.0. The molecule has 3 nitrogen and oxygen atoms in total. The minimum Gasteiger partial charge on any atom is -0.386 e. The Hall–Kier alpha value is -1.49. The highest BCUT2D eigenvalue weighted by Gasteiger charge is 2.26. The van der Waals surface area contributed by atoms with Crippen molar-refractivity contribution in [3.63, 3.8) is 0 Å². The largest absolute Gasteiger partial charge is 0.386 e. The molecule has 0 aromatic heterocycles. The molecule has 0 heterocycles. The van der Waals surface area contributed by atoms with Crippen LogP contribution in [0, 0.1) is 17.6 Å². The third-order valence-electron chi connectivity index (χ3n) is 3.28. The molecule has 1 aromatic carbocycles. The number of rotatable bonds is 4. The van der Waals surface area contributed by atoms with Crippen LogP contribution in [0.5, 0.6) is 0 Å². The molecule has 0 aliphatic heterocycles. The van der Waals surface area contributed by atoms with Gasteiger partial charge in [0.1, 0.15) is 17.7 Å². The molecule has 0 spiro atoms. The van der Waals surface area contributed by atoms with Crippen molar-refractivity contribution in [2.45, 2.75) is 25.4 Å². The second-order valence-corrected chi connectivity index (χ2v) is 4.52. The van der Waals surface area contributed by atoms with Gasteiger partial charge in [-0.1, -0.05) is 12.5 Å². The number of halogens is 2. The fourth-order valence-electron chi connectivity index (χ4n) is 1.94. The summed E-state index contributed by atoms with van der Waals surface area (Å²) in [6.07, 6.45) is 1.35. The Kier molecular flexibility index (Phi) is 3.91. The van der Waals surface area contributed by atoms with Crippen LogP contribution in [-0.2, 0) is 4.79 Å². The maximum absolute atomic E-state index is 13.3. The number of aliphatic hydroxyl groups excluding tert-OH is 1. The lowest BCUT2D eigenvalue weighted by Gasteiger charge is -2.24. The number of hydrogen-bond donors (Lipinski definition) is 2. The van der Waals surface area contributed by atoms with Gasteiger partial charge >= 0.3 is 0 Å². The molecule has 1 saturated carbocycles. The molecule has 1 fully saturated rings. The standard InChI is InChI=1S/C13H15F2NO2/c14-9-5-2-6-10(15)12(9)11(17)7-16-13(18)8-3-1-4-8/h2,5-6,8,11,17H,1,3-4,7H2,(H,16,18). The normalized spacial score (nSPS) is 17.1. The highest BCUT2D eigenvalue weighted by Crippen LogP contribution is 2.26. The van der Waals surface area contributed by atoms with E-state index in [0.717, 1.165) is 31.4 Å². The molecule has 2 rings (SSSR count). The number of carbonyl (C=O) groups excluding carboxylic acids is 1. The van der Waals surface area contributed by atoms with Crippen LogP contribution >= 0.6 is 0 Å². The molecule has 1 aliphatic rings. The summed E-state index contributed by atoms with van der Waals surface area (Å²) in [5.41, 5.74) is -0.397. The van der Waals surface area contributed by atoms with E-state index in [1.54, 1.807) is 0 Å². The van der Waals surface area contributed by atoms with Crippen LogP contribution in [-0.4, -0.2) is 17.6 Å². The Labute approximate surface area is 104 Å². The topological polar surface area (TPSA) is 49.3 Å². The van der Waals surface area contributed by atoms with E-state index in [-0.39, 0.29) is 18.4 Å². The van der Waals surface area contributed by atoms with E-state index in [9.17, 15) is 18.7 Å². The van der Waals surface area contributed by atoms with Crippen molar-refractivity contribution in [1.82, 2.24) is 5.32 Å². The summed E-state index contributed by atoms with van der Waals surface area (Å²) >= 11 is 0. The first-order chi connectivity index (χ1) is 8.59. The molecule has 0 saturated heterocycles. The van der Waals surface area contributed by atoms with Crippen molar-refractivity contribution in [1.29, 1.82) is 0 Å². The molecule has 18 heavy (non-hydrogen) atoms. The van der Waals surface area contributed by atoms with Crippen LogP contribution in [0.15, 0.2) is 18.2 Å². The van der Waals surface area contributed by atoms with Gasteiger partial charge in [-0.05, 0) is 25.0 Å². The molecule has 98 valence electrons. The van der Waals surface area contributed by atoms with Crippen LogP contribution in [0.4, 0.5) is 8.78 Å². The maximum Gasteiger partial charge on any atom is 0.223 e. The zero-order valence-electron chi connectivity index (χ0n) is 9.83. The van der Waals surface area contributed by atoms with Gasteiger partial charge in [-0.3, -0.25) is 4.79 Å². The zero-order chi connectivity index (χ0) is 13.1. The van der Waals surface area contributed by atoms with Gasteiger partial charge in [0.25, 0.3) is 0 Å². The van der Waals surface area contributed by atoms with E-state index in [1.165, 1.54) is 6.07 Å². The Morgan fingerprint density at radius 3 is 2.50 bits per heavy atom. The third kappa shape index (κ3) is 2.67. The molecule has 1 aliphatic carbocycles. The molecule has 0 bridgehead atoms. The Morgan fingerprint density at radius 1 is 1.39 bits per heavy atom. The average molecular weight is 255 g/mol. The predicted octanol–water partition coefficient (Wildman–Crippen LogP) is 1.91. The van der Waals surface area contributed by atoms with Gasteiger partial charge in [0.05, 0.1) is 5.56 Å². The zero-order valence-corrected chi connectivity index (χ0v) is 9.83. The number of hydrogen-bond acceptors (Lipinski definition) is 2. The molecular formula is C13H15F2NO2. The molecule has 5 heteroatoms. The predicted molar refractivity (Wildman–Crippen MR) is 61.7 cm³/mol. The van der Waals surface area contributed by atoms with Crippen molar-refractivity contribution < 1.29 is 18.7 Å². The van der Waals surface area contributed by atoms with Gasteiger partial charge < -0.3 is 10.4 Å². The summed E-state index contributed by atoms with van der Waals surface area (Å²) in [5, 5.41) is 12.2. The molecule has 2 N–H and O–H groups in total. The van der Waals surface area contributed by atoms with E-state index in [1.807, 2.05) is 0 Å². The summed E-state index contributed by atoms with van der Waals surface area (Å²) < 4.78 is 26.7. The van der Waals surface area contributed by atoms with Crippen LogP contribution in [0.2, 0.25) is 0 Å². The second-order valence-electron chi connectivity index (χ2n) is 4.52. The van der Waals surface area contributed by atoms with Gasteiger partial charge in [0.15, 0.2) is 0 Å². The molecular weight excluding hydrogens is 240 g/mol. The maximum atomic E-state index is 13.3. The minimum atomic E-state index is -1.37. The summed E-state index contributed by atoms with van der Waals surface area (Å²) in [5.74, 6) is -1.78. The van der Waals surface area contributed by atoms with Crippen molar-refractivity contribution in [3.05, 3.63) is 35.4 Å². The third-order valence-corrected chi connectivity index (χ3v) is 3.28. The number of aliphatic hydroxyl groups is 1. The van der Waals surface area contributed by atoms with E-state index >= 15 is 0 Å². The monoisotopic (exact) mass is 255 g/mol. The van der Waals surface area contributed by atoms with Crippen molar-refractivity contribution >= 4 is 5.91 Å². The highest BCUT2D eigenvalue weighted by atomic mass is 19.1. The number of benzene rings is 1. The number of amides is 1. The lowest BCUT2D eigenvalue weighted by Crippen LogP contribution is -2.37. The SMILES string of the molecule is O=C(NCC(O)c1c(F)cccc1F)C1CCC1. The first-order valence-corrected chi connectivity index (χ1v) is 5.99. The Morgan fingerprint density at radius 2 is 2.00 bits per heavy atom. The molecule has 0 radical (unpaired) electrons. The van der Waals surface area contributed by atoms with Crippen molar-refractivity contribution in [2.75, 3.05) is 6.54 Å². The summed E-state index contributed by atoms with van der Waals surface area (Å²) in [7, 11) is 0. The van der Waals surface area contributed by atoms with E-state index < -0.39 is 23.3 Å². The lowest BCUT2D eigenvalue weighted by atomic mass is 9.85. The van der Waals surface area contributed by atoms with Crippen LogP contribution in [0.25, 0.3) is 0 Å². The smallest absolute Gasteiger partial charge is 0.223 e. The van der Waals surface area contributed by atoms with Gasteiger partial charge in [0.2, 0.25) is 5.91 Å². The lowest BCUT2D eigenvalue weighted by molar-refractivity contribution is -0.127. The van der Waals surface area contributed by atoms with Crippen LogP contribution in [0.1, 0.15) is 30.9 Å². The van der Waals surface area contributed by atoms with Gasteiger partial charge in [0, 0.05) is 12.5 Å². The van der Waals surface area contributed by atoms with E-state index in [0.29, 0.717) is 0 Å². The van der Waals surface area contributed by atoms with E-state index in [2.05, 4.69) is 5.32 Å². The Bertz CT molecular complexity index is 426. The highest BCUT2D eigenvalue weighted by molar-refractivity contribution is 5.79. The quantitative estimate of drug-likeness (QED) is 0.863. The summed E-state index contributed by atoms with van der Waals surface area (Å²) in [6.45, 7) is -0.173. The molecule has 1 unspecified atom stereocenters. The average Bonchev–Trinajstić information content (AvgIpc) is 2.23. The van der Waals surface area contributed by atoms with Gasteiger partial charge in [-0.2, -0.15) is 0 Å². The minimum absolute atomic E-state index is 0.0114. The van der Waals surface area contributed by atoms with Crippen LogP contribution < -0.4 is 5.32 Å². The number of carbonyl (C=O) groups is 1. The summed E-state index contributed by atoms with van der Waals surface area (Å²) in [4.78, 5) is 11.5.